The molecule has 0 aliphatic rings. The molecule has 0 saturated heterocycles. The number of benzene rings is 2. The Morgan fingerprint density at radius 2 is 1.70 bits per heavy atom. The highest BCUT2D eigenvalue weighted by Gasteiger charge is 2.34. The number of carbonyl (C=O) groups excluding carboxylic acids is 1. The normalized spacial score (nSPS) is 11.9. The maximum Gasteiger partial charge on any atom is 0.364 e. The third-order valence-corrected chi connectivity index (χ3v) is 4.21. The fourth-order valence-electron chi connectivity index (χ4n) is 2.12. The quantitative estimate of drug-likeness (QED) is 0.231. The number of rotatable bonds is 1. The number of aromatic nitrogens is 2. The number of nitrogens with zero attached hydrogens (tertiary/aromatic N) is 2. The van der Waals surface area contributed by atoms with Crippen molar-refractivity contribution in [2.24, 2.45) is 0 Å². The lowest BCUT2D eigenvalue weighted by Crippen LogP contribution is -2.25. The van der Waals surface area contributed by atoms with Crippen LogP contribution in [0.1, 0.15) is 5.56 Å². The van der Waals surface area contributed by atoms with Gasteiger partial charge >= 0.3 is 5.97 Å². The molecule has 0 N–H and O–H groups in total. The van der Waals surface area contributed by atoms with E-state index in [0.29, 0.717) is 22.1 Å². The number of para-hydroxylation sites is 2. The number of hydrogen-bond acceptors (Lipinski definition) is 4. The van der Waals surface area contributed by atoms with E-state index in [4.69, 9.17) is 39.5 Å². The lowest BCUT2D eigenvalue weighted by Gasteiger charge is -2.14. The molecule has 0 spiro atoms. The van der Waals surface area contributed by atoms with Crippen molar-refractivity contribution in [1.29, 1.82) is 0 Å². The van der Waals surface area contributed by atoms with Crippen LogP contribution in [-0.2, 0) is 4.79 Å². The van der Waals surface area contributed by atoms with E-state index < -0.39 is 9.76 Å². The summed E-state index contributed by atoms with van der Waals surface area (Å²) in [5.74, 6) is -0.776. The smallest absolute Gasteiger partial charge is 0.364 e. The summed E-state index contributed by atoms with van der Waals surface area (Å²) in [5, 5.41) is 0. The maximum absolute atomic E-state index is 11.9. The first kappa shape index (κ1) is 16.7. The van der Waals surface area contributed by atoms with Crippen LogP contribution in [0.15, 0.2) is 34.8 Å². The molecule has 23 heavy (non-hydrogen) atoms. The largest absolute Gasteiger partial charge is 0.421 e. The van der Waals surface area contributed by atoms with E-state index >= 15 is 0 Å². The Labute approximate surface area is 154 Å². The zero-order valence-corrected chi connectivity index (χ0v) is 15.5. The molecule has 3 aromatic rings. The first-order valence-electron chi connectivity index (χ1n) is 6.42. The fourth-order valence-corrected chi connectivity index (χ4v) is 2.85. The second-order valence-electron chi connectivity index (χ2n) is 4.80. The SMILES string of the molecule is Cc1cc(Br)c2nc3ccccc3nc2c1OC(=O)C(Cl)(Cl)Cl. The summed E-state index contributed by atoms with van der Waals surface area (Å²) in [7, 11) is 0. The molecule has 118 valence electrons. The molecular weight excluding hydrogens is 426 g/mol. The summed E-state index contributed by atoms with van der Waals surface area (Å²) in [5.41, 5.74) is 3.03. The van der Waals surface area contributed by atoms with Gasteiger partial charge in [0.1, 0.15) is 11.0 Å². The van der Waals surface area contributed by atoms with E-state index in [-0.39, 0.29) is 5.75 Å². The summed E-state index contributed by atoms with van der Waals surface area (Å²) in [6, 6.07) is 9.15. The average molecular weight is 435 g/mol. The summed E-state index contributed by atoms with van der Waals surface area (Å²) < 4.78 is 3.83. The number of halogens is 4. The summed E-state index contributed by atoms with van der Waals surface area (Å²) in [4.78, 5) is 21.0. The van der Waals surface area contributed by atoms with Crippen LogP contribution in [-0.4, -0.2) is 19.7 Å². The Bertz CT molecular complexity index is 941. The highest BCUT2D eigenvalue weighted by atomic mass is 79.9. The first-order valence-corrected chi connectivity index (χ1v) is 8.34. The minimum absolute atomic E-state index is 0.220. The Kier molecular flexibility index (Phi) is 4.40. The minimum atomic E-state index is -2.17. The number of fused-ring (bicyclic) bond motifs is 2. The third-order valence-electron chi connectivity index (χ3n) is 3.14. The van der Waals surface area contributed by atoms with Crippen LogP contribution in [0, 0.1) is 6.92 Å². The summed E-state index contributed by atoms with van der Waals surface area (Å²) in [6.45, 7) is 1.77. The molecule has 1 heterocycles. The number of alkyl halides is 3. The van der Waals surface area contributed by atoms with Crippen LogP contribution in [0.5, 0.6) is 5.75 Å². The molecule has 0 atom stereocenters. The molecule has 0 aliphatic heterocycles. The van der Waals surface area contributed by atoms with Gasteiger partial charge < -0.3 is 4.74 Å². The first-order chi connectivity index (χ1) is 10.8. The van der Waals surface area contributed by atoms with Crippen molar-refractivity contribution < 1.29 is 9.53 Å². The highest BCUT2D eigenvalue weighted by Crippen LogP contribution is 2.36. The highest BCUT2D eigenvalue weighted by molar-refractivity contribution is 9.10. The van der Waals surface area contributed by atoms with Gasteiger partial charge in [-0.15, -0.1) is 0 Å². The third kappa shape index (κ3) is 3.24. The average Bonchev–Trinajstić information content (AvgIpc) is 2.48. The monoisotopic (exact) mass is 432 g/mol. The molecular formula is C15H8BrCl3N2O2. The zero-order valence-electron chi connectivity index (χ0n) is 11.6. The van der Waals surface area contributed by atoms with E-state index in [1.807, 2.05) is 24.3 Å². The van der Waals surface area contributed by atoms with Gasteiger partial charge in [-0.05, 0) is 46.6 Å². The van der Waals surface area contributed by atoms with Crippen molar-refractivity contribution >= 4 is 78.8 Å². The van der Waals surface area contributed by atoms with Crippen LogP contribution in [0.3, 0.4) is 0 Å². The summed E-state index contributed by atoms with van der Waals surface area (Å²) >= 11 is 20.2. The molecule has 0 bridgehead atoms. The predicted molar refractivity (Wildman–Crippen MR) is 95.4 cm³/mol. The molecule has 0 unspecified atom stereocenters. The Morgan fingerprint density at radius 1 is 1.13 bits per heavy atom. The number of aryl methyl sites for hydroxylation is 1. The van der Waals surface area contributed by atoms with Crippen LogP contribution >= 0.6 is 50.7 Å². The van der Waals surface area contributed by atoms with Crippen molar-refractivity contribution in [3.05, 3.63) is 40.4 Å². The number of hydrogen-bond donors (Lipinski definition) is 0. The molecule has 4 nitrogen and oxygen atoms in total. The molecule has 2 aromatic carbocycles. The van der Waals surface area contributed by atoms with Gasteiger partial charge in [-0.3, -0.25) is 0 Å². The van der Waals surface area contributed by atoms with Crippen LogP contribution in [0.2, 0.25) is 0 Å². The maximum atomic E-state index is 11.9. The molecule has 0 fully saturated rings. The number of ether oxygens (including phenoxy) is 1. The fraction of sp³-hybridized carbons (Fsp3) is 0.133. The zero-order chi connectivity index (χ0) is 16.8. The standard InChI is InChI=1S/C15H8BrCl3N2O2/c1-7-6-8(16)11-12(13(7)23-14(22)15(17,18)19)21-10-5-3-2-4-9(10)20-11/h2-6H,1H3. The van der Waals surface area contributed by atoms with E-state index in [9.17, 15) is 4.79 Å². The minimum Gasteiger partial charge on any atom is -0.421 e. The second kappa shape index (κ2) is 6.06. The van der Waals surface area contributed by atoms with Gasteiger partial charge in [0.15, 0.2) is 5.75 Å². The topological polar surface area (TPSA) is 52.1 Å². The molecule has 0 radical (unpaired) electrons. The van der Waals surface area contributed by atoms with Crippen LogP contribution in [0.4, 0.5) is 0 Å². The van der Waals surface area contributed by atoms with Crippen molar-refractivity contribution in [1.82, 2.24) is 9.97 Å². The molecule has 1 aromatic heterocycles. The van der Waals surface area contributed by atoms with E-state index in [1.165, 1.54) is 0 Å². The number of esters is 1. The van der Waals surface area contributed by atoms with Gasteiger partial charge in [0.2, 0.25) is 0 Å². The van der Waals surface area contributed by atoms with Gasteiger partial charge in [-0.25, -0.2) is 14.8 Å². The van der Waals surface area contributed by atoms with Crippen molar-refractivity contribution in [2.75, 3.05) is 0 Å². The molecule has 8 heteroatoms. The molecule has 0 saturated carbocycles. The number of carbonyl (C=O) groups is 1. The van der Waals surface area contributed by atoms with E-state index in [0.717, 1.165) is 9.99 Å². The van der Waals surface area contributed by atoms with Gasteiger partial charge in [0, 0.05) is 4.47 Å². The lowest BCUT2D eigenvalue weighted by molar-refractivity contribution is -0.133. The predicted octanol–water partition coefficient (Wildman–Crippen LogP) is 5.13. The van der Waals surface area contributed by atoms with Gasteiger partial charge in [0.05, 0.1) is 11.0 Å². The molecule has 0 aliphatic carbocycles. The van der Waals surface area contributed by atoms with E-state index in [2.05, 4.69) is 25.9 Å². The van der Waals surface area contributed by atoms with Crippen molar-refractivity contribution in [3.8, 4) is 5.75 Å². The van der Waals surface area contributed by atoms with Gasteiger partial charge in [0.25, 0.3) is 3.79 Å². The Morgan fingerprint density at radius 3 is 2.26 bits per heavy atom. The van der Waals surface area contributed by atoms with Gasteiger partial charge in [-0.1, -0.05) is 46.9 Å². The molecule has 0 amide bonds. The second-order valence-corrected chi connectivity index (χ2v) is 7.94. The molecule has 3 rings (SSSR count). The van der Waals surface area contributed by atoms with E-state index in [1.54, 1.807) is 13.0 Å². The Hall–Kier alpha value is -1.14. The Balaban J connectivity index is 2.28. The van der Waals surface area contributed by atoms with Crippen molar-refractivity contribution in [3.63, 3.8) is 0 Å². The van der Waals surface area contributed by atoms with Crippen molar-refractivity contribution in [2.45, 2.75) is 10.7 Å². The van der Waals surface area contributed by atoms with Crippen LogP contribution in [0.25, 0.3) is 22.1 Å². The summed E-state index contributed by atoms with van der Waals surface area (Å²) in [6.07, 6.45) is 0. The lowest BCUT2D eigenvalue weighted by atomic mass is 10.1. The van der Waals surface area contributed by atoms with Crippen LogP contribution < -0.4 is 4.74 Å². The van der Waals surface area contributed by atoms with Gasteiger partial charge in [-0.2, -0.15) is 0 Å².